The third-order valence-electron chi connectivity index (χ3n) is 4.34. The molecule has 5 nitrogen and oxygen atoms in total. The van der Waals surface area contributed by atoms with Crippen molar-refractivity contribution in [3.05, 3.63) is 65.0 Å². The van der Waals surface area contributed by atoms with Crippen LogP contribution in [0.1, 0.15) is 5.69 Å². The van der Waals surface area contributed by atoms with Gasteiger partial charge in [0, 0.05) is 15.7 Å². The van der Waals surface area contributed by atoms with Crippen LogP contribution < -0.4 is 9.64 Å². The first-order valence-corrected chi connectivity index (χ1v) is 8.69. The molecule has 3 aromatic rings. The van der Waals surface area contributed by atoms with Gasteiger partial charge in [-0.1, -0.05) is 28.1 Å². The maximum Gasteiger partial charge on any atom is 0.247 e. The fourth-order valence-corrected chi connectivity index (χ4v) is 3.45. The summed E-state index contributed by atoms with van der Waals surface area (Å²) < 4.78 is 8.13. The van der Waals surface area contributed by atoms with Crippen LogP contribution in [0.5, 0.6) is 5.75 Å². The van der Waals surface area contributed by atoms with Gasteiger partial charge in [-0.3, -0.25) is 4.79 Å². The van der Waals surface area contributed by atoms with E-state index in [1.54, 1.807) is 18.3 Å². The molecule has 0 saturated heterocycles. The van der Waals surface area contributed by atoms with Gasteiger partial charge in [0.05, 0.1) is 31.4 Å². The van der Waals surface area contributed by atoms with Gasteiger partial charge >= 0.3 is 0 Å². The third-order valence-corrected chi connectivity index (χ3v) is 4.84. The number of carbonyl (C=O) groups excluding carboxylic acids is 1. The van der Waals surface area contributed by atoms with Crippen molar-refractivity contribution in [3.8, 4) is 17.0 Å². The minimum absolute atomic E-state index is 0.0517. The van der Waals surface area contributed by atoms with Crippen LogP contribution in [0.4, 0.5) is 5.69 Å². The molecule has 0 spiro atoms. The van der Waals surface area contributed by atoms with Crippen LogP contribution in [0.3, 0.4) is 0 Å². The van der Waals surface area contributed by atoms with Crippen molar-refractivity contribution in [1.82, 2.24) is 9.55 Å². The molecular weight excluding hydrogens is 382 g/mol. The lowest BCUT2D eigenvalue weighted by molar-refractivity contribution is -0.120. The van der Waals surface area contributed by atoms with Crippen molar-refractivity contribution >= 4 is 27.5 Å². The minimum Gasteiger partial charge on any atom is -0.497 e. The van der Waals surface area contributed by atoms with Crippen molar-refractivity contribution in [3.63, 3.8) is 0 Å². The molecule has 6 heteroatoms. The second kappa shape index (κ2) is 6.37. The highest BCUT2D eigenvalue weighted by atomic mass is 79.9. The number of halogens is 1. The zero-order chi connectivity index (χ0) is 17.4. The number of hydrogen-bond donors (Lipinski definition) is 0. The number of nitrogens with zero attached hydrogens (tertiary/aromatic N) is 3. The molecule has 126 valence electrons. The van der Waals surface area contributed by atoms with Crippen LogP contribution in [-0.4, -0.2) is 22.6 Å². The van der Waals surface area contributed by atoms with Crippen LogP contribution >= 0.6 is 15.9 Å². The number of aromatic nitrogens is 2. The van der Waals surface area contributed by atoms with E-state index in [1.165, 1.54) is 0 Å². The van der Waals surface area contributed by atoms with E-state index in [2.05, 4.69) is 20.9 Å². The van der Waals surface area contributed by atoms with Gasteiger partial charge in [0.25, 0.3) is 0 Å². The zero-order valence-corrected chi connectivity index (χ0v) is 15.2. The van der Waals surface area contributed by atoms with E-state index in [-0.39, 0.29) is 5.91 Å². The summed E-state index contributed by atoms with van der Waals surface area (Å²) >= 11 is 3.50. The Bertz CT molecular complexity index is 934. The second-order valence-corrected chi connectivity index (χ2v) is 6.77. The summed E-state index contributed by atoms with van der Waals surface area (Å²) in [6, 6.07) is 15.6. The van der Waals surface area contributed by atoms with E-state index in [0.29, 0.717) is 13.1 Å². The van der Waals surface area contributed by atoms with Crippen molar-refractivity contribution in [2.24, 2.45) is 0 Å². The Balaban J connectivity index is 1.71. The molecule has 0 saturated carbocycles. The molecule has 1 amide bonds. The molecule has 1 aliphatic heterocycles. The largest absolute Gasteiger partial charge is 0.497 e. The lowest BCUT2D eigenvalue weighted by Gasteiger charge is -2.29. The molecule has 0 fully saturated rings. The fraction of sp³-hybridized carbons (Fsp3) is 0.158. The van der Waals surface area contributed by atoms with E-state index in [1.807, 2.05) is 53.1 Å². The molecule has 1 aliphatic rings. The van der Waals surface area contributed by atoms with Gasteiger partial charge < -0.3 is 14.2 Å². The molecule has 2 aromatic carbocycles. The Kier molecular flexibility index (Phi) is 4.05. The first-order chi connectivity index (χ1) is 12.2. The minimum atomic E-state index is 0.0517. The van der Waals surface area contributed by atoms with Gasteiger partial charge in [-0.05, 0) is 36.4 Å². The van der Waals surface area contributed by atoms with E-state index >= 15 is 0 Å². The number of rotatable bonds is 3. The number of benzene rings is 2. The highest BCUT2D eigenvalue weighted by Gasteiger charge is 2.27. The van der Waals surface area contributed by atoms with Gasteiger partial charge in [-0.25, -0.2) is 4.98 Å². The van der Waals surface area contributed by atoms with Crippen LogP contribution in [0.2, 0.25) is 0 Å². The van der Waals surface area contributed by atoms with Gasteiger partial charge in [0.2, 0.25) is 5.91 Å². The maximum absolute atomic E-state index is 12.6. The molecule has 0 bridgehead atoms. The summed E-state index contributed by atoms with van der Waals surface area (Å²) in [4.78, 5) is 18.9. The first kappa shape index (κ1) is 15.9. The lowest BCUT2D eigenvalue weighted by atomic mass is 10.1. The number of anilines is 1. The first-order valence-electron chi connectivity index (χ1n) is 7.90. The average molecular weight is 398 g/mol. The molecule has 0 aliphatic carbocycles. The smallest absolute Gasteiger partial charge is 0.247 e. The maximum atomic E-state index is 12.6. The average Bonchev–Trinajstić information content (AvgIpc) is 3.04. The van der Waals surface area contributed by atoms with E-state index in [4.69, 9.17) is 4.74 Å². The third kappa shape index (κ3) is 2.93. The van der Waals surface area contributed by atoms with E-state index < -0.39 is 0 Å². The van der Waals surface area contributed by atoms with Crippen LogP contribution in [0.15, 0.2) is 59.3 Å². The number of imidazole rings is 1. The monoisotopic (exact) mass is 397 g/mol. The quantitative estimate of drug-likeness (QED) is 0.673. The number of hydrogen-bond acceptors (Lipinski definition) is 3. The zero-order valence-electron chi connectivity index (χ0n) is 13.6. The Labute approximate surface area is 154 Å². The predicted octanol–water partition coefficient (Wildman–Crippen LogP) is 3.87. The lowest BCUT2D eigenvalue weighted by Crippen LogP contribution is -2.38. The van der Waals surface area contributed by atoms with Crippen LogP contribution in [-0.2, 0) is 17.9 Å². The Morgan fingerprint density at radius 2 is 1.92 bits per heavy atom. The summed E-state index contributed by atoms with van der Waals surface area (Å²) in [7, 11) is 1.63. The normalized spacial score (nSPS) is 13.7. The summed E-state index contributed by atoms with van der Waals surface area (Å²) in [5, 5.41) is 0. The van der Waals surface area contributed by atoms with Crippen molar-refractivity contribution < 1.29 is 9.53 Å². The number of amides is 1. The molecule has 4 rings (SSSR count). The van der Waals surface area contributed by atoms with E-state index in [9.17, 15) is 4.79 Å². The standard InChI is InChI=1S/C19H16BrN3O2/c1-25-16-7-5-15(6-8-16)23-10-17-19(13-3-2-4-14(20)9-13)21-12-22(17)11-18(23)24/h2-9,12H,10-11H2,1H3. The molecular formula is C19H16BrN3O2. The van der Waals surface area contributed by atoms with Crippen molar-refractivity contribution in [2.45, 2.75) is 13.1 Å². The molecule has 0 unspecified atom stereocenters. The van der Waals surface area contributed by atoms with Gasteiger partial charge in [-0.15, -0.1) is 0 Å². The summed E-state index contributed by atoms with van der Waals surface area (Å²) in [5.74, 6) is 0.823. The van der Waals surface area contributed by atoms with Crippen LogP contribution in [0.25, 0.3) is 11.3 Å². The van der Waals surface area contributed by atoms with Crippen molar-refractivity contribution in [2.75, 3.05) is 12.0 Å². The highest BCUT2D eigenvalue weighted by molar-refractivity contribution is 9.10. The highest BCUT2D eigenvalue weighted by Crippen LogP contribution is 2.30. The number of carbonyl (C=O) groups is 1. The summed E-state index contributed by atoms with van der Waals surface area (Å²) in [6.07, 6.45) is 1.74. The second-order valence-electron chi connectivity index (χ2n) is 5.86. The summed E-state index contributed by atoms with van der Waals surface area (Å²) in [6.45, 7) is 0.787. The molecule has 0 radical (unpaired) electrons. The van der Waals surface area contributed by atoms with Gasteiger partial charge in [0.1, 0.15) is 12.3 Å². The number of methoxy groups -OCH3 is 1. The van der Waals surface area contributed by atoms with Gasteiger partial charge in [0.15, 0.2) is 0 Å². The molecule has 0 N–H and O–H groups in total. The Morgan fingerprint density at radius 3 is 2.64 bits per heavy atom. The summed E-state index contributed by atoms with van der Waals surface area (Å²) in [5.41, 5.74) is 3.84. The van der Waals surface area contributed by atoms with Gasteiger partial charge in [-0.2, -0.15) is 0 Å². The Hall–Kier alpha value is -2.60. The van der Waals surface area contributed by atoms with E-state index in [0.717, 1.165) is 32.9 Å². The van der Waals surface area contributed by atoms with Crippen LogP contribution in [0, 0.1) is 0 Å². The topological polar surface area (TPSA) is 47.4 Å². The Morgan fingerprint density at radius 1 is 1.12 bits per heavy atom. The fourth-order valence-electron chi connectivity index (χ4n) is 3.05. The predicted molar refractivity (Wildman–Crippen MR) is 99.5 cm³/mol. The number of ether oxygens (including phenoxy) is 1. The molecule has 25 heavy (non-hydrogen) atoms. The molecule has 1 aromatic heterocycles. The molecule has 2 heterocycles. The van der Waals surface area contributed by atoms with Crippen molar-refractivity contribution in [1.29, 1.82) is 0 Å². The number of fused-ring (bicyclic) bond motifs is 1. The molecule has 0 atom stereocenters. The SMILES string of the molecule is COc1ccc(N2Cc3c(-c4cccc(Br)c4)ncn3CC2=O)cc1.